The highest BCUT2D eigenvalue weighted by Crippen LogP contribution is 2.27. The van der Waals surface area contributed by atoms with Crippen molar-refractivity contribution >= 4 is 24.0 Å². The predicted octanol–water partition coefficient (Wildman–Crippen LogP) is 2.59. The van der Waals surface area contributed by atoms with Gasteiger partial charge in [0.25, 0.3) is 0 Å². The lowest BCUT2D eigenvalue weighted by molar-refractivity contribution is -0.117. The molecule has 124 valence electrons. The predicted molar refractivity (Wildman–Crippen MR) is 89.6 cm³/mol. The van der Waals surface area contributed by atoms with Gasteiger partial charge in [-0.3, -0.25) is 4.79 Å². The molecule has 22 heavy (non-hydrogen) atoms. The van der Waals surface area contributed by atoms with E-state index in [0.717, 1.165) is 30.7 Å². The first-order chi connectivity index (χ1) is 10.2. The molecule has 1 aliphatic rings. The van der Waals surface area contributed by atoms with Crippen molar-refractivity contribution in [1.82, 2.24) is 0 Å². The van der Waals surface area contributed by atoms with E-state index < -0.39 is 0 Å². The smallest absolute Gasteiger partial charge is 0.224 e. The minimum absolute atomic E-state index is 0. The molecule has 3 N–H and O–H groups in total. The molecule has 0 saturated heterocycles. The van der Waals surface area contributed by atoms with Gasteiger partial charge in [0.1, 0.15) is 12.4 Å². The summed E-state index contributed by atoms with van der Waals surface area (Å²) in [4.78, 5) is 12.1. The summed E-state index contributed by atoms with van der Waals surface area (Å²) in [5.41, 5.74) is 6.75. The highest BCUT2D eigenvalue weighted by atomic mass is 35.5. The van der Waals surface area contributed by atoms with Crippen molar-refractivity contribution in [3.63, 3.8) is 0 Å². The third-order valence-electron chi connectivity index (χ3n) is 3.84. The van der Waals surface area contributed by atoms with Gasteiger partial charge in [0.2, 0.25) is 5.91 Å². The van der Waals surface area contributed by atoms with E-state index in [2.05, 4.69) is 5.32 Å². The van der Waals surface area contributed by atoms with Gasteiger partial charge in [0, 0.05) is 31.3 Å². The normalized spacial score (nSPS) is 20.3. The Morgan fingerprint density at radius 3 is 2.86 bits per heavy atom. The van der Waals surface area contributed by atoms with E-state index in [1.807, 2.05) is 24.3 Å². The van der Waals surface area contributed by atoms with Crippen molar-refractivity contribution in [2.24, 2.45) is 11.7 Å². The zero-order valence-electron chi connectivity index (χ0n) is 12.9. The third-order valence-corrected chi connectivity index (χ3v) is 3.84. The average Bonchev–Trinajstić information content (AvgIpc) is 2.85. The van der Waals surface area contributed by atoms with E-state index in [1.165, 1.54) is 0 Å². The topological polar surface area (TPSA) is 73.6 Å². The molecule has 0 heterocycles. The minimum atomic E-state index is 0. The standard InChI is InChI=1S/C16H24N2O3.ClH/c1-20-8-9-21-14-6-3-5-13(11-14)18-16(19)10-12-4-2-7-15(12)17;/h3,5-6,11-12,15H,2,4,7-10,17H2,1H3,(H,18,19);1H/t12-,15+;/m0./s1. The summed E-state index contributed by atoms with van der Waals surface area (Å²) < 4.78 is 10.5. The van der Waals surface area contributed by atoms with Gasteiger partial charge in [-0.2, -0.15) is 0 Å². The van der Waals surface area contributed by atoms with Crippen molar-refractivity contribution in [3.05, 3.63) is 24.3 Å². The summed E-state index contributed by atoms with van der Waals surface area (Å²) in [6, 6.07) is 7.56. The van der Waals surface area contributed by atoms with Crippen LogP contribution in [-0.4, -0.2) is 32.3 Å². The van der Waals surface area contributed by atoms with E-state index in [-0.39, 0.29) is 24.4 Å². The van der Waals surface area contributed by atoms with Crippen LogP contribution in [0.4, 0.5) is 5.69 Å². The molecule has 0 unspecified atom stereocenters. The monoisotopic (exact) mass is 328 g/mol. The number of benzene rings is 1. The van der Waals surface area contributed by atoms with Crippen LogP contribution < -0.4 is 15.8 Å². The molecule has 2 rings (SSSR count). The summed E-state index contributed by atoms with van der Waals surface area (Å²) in [5, 5.41) is 2.91. The van der Waals surface area contributed by atoms with Crippen molar-refractivity contribution in [2.75, 3.05) is 25.6 Å². The van der Waals surface area contributed by atoms with Gasteiger partial charge in [0.05, 0.1) is 6.61 Å². The van der Waals surface area contributed by atoms with E-state index in [0.29, 0.717) is 25.6 Å². The number of methoxy groups -OCH3 is 1. The molecule has 1 amide bonds. The lowest BCUT2D eigenvalue weighted by atomic mass is 10.00. The largest absolute Gasteiger partial charge is 0.491 e. The number of carbonyl (C=O) groups is 1. The number of rotatable bonds is 7. The quantitative estimate of drug-likeness (QED) is 0.754. The Balaban J connectivity index is 0.00000242. The number of hydrogen-bond donors (Lipinski definition) is 2. The molecule has 6 heteroatoms. The van der Waals surface area contributed by atoms with Crippen LogP contribution >= 0.6 is 12.4 Å². The maximum atomic E-state index is 12.1. The van der Waals surface area contributed by atoms with Gasteiger partial charge >= 0.3 is 0 Å². The number of nitrogens with one attached hydrogen (secondary N) is 1. The number of amides is 1. The van der Waals surface area contributed by atoms with Crippen LogP contribution in [0.5, 0.6) is 5.75 Å². The maximum absolute atomic E-state index is 12.1. The SMILES string of the molecule is COCCOc1cccc(NC(=O)C[C@@H]2CCC[C@H]2N)c1.Cl. The first-order valence-electron chi connectivity index (χ1n) is 7.46. The Morgan fingerprint density at radius 2 is 2.18 bits per heavy atom. The molecule has 1 aliphatic carbocycles. The minimum Gasteiger partial charge on any atom is -0.491 e. The van der Waals surface area contributed by atoms with Crippen LogP contribution in [0, 0.1) is 5.92 Å². The Bertz CT molecular complexity index is 470. The lowest BCUT2D eigenvalue weighted by Gasteiger charge is -2.15. The number of nitrogens with two attached hydrogens (primary N) is 1. The fraction of sp³-hybridized carbons (Fsp3) is 0.562. The molecule has 0 bridgehead atoms. The fourth-order valence-electron chi connectivity index (χ4n) is 2.68. The molecular weight excluding hydrogens is 304 g/mol. The van der Waals surface area contributed by atoms with Crippen LogP contribution in [0.3, 0.4) is 0 Å². The molecule has 1 saturated carbocycles. The van der Waals surface area contributed by atoms with Crippen LogP contribution in [0.15, 0.2) is 24.3 Å². The number of hydrogen-bond acceptors (Lipinski definition) is 4. The second-order valence-electron chi connectivity index (χ2n) is 5.48. The number of ether oxygens (including phenoxy) is 2. The maximum Gasteiger partial charge on any atom is 0.224 e. The van der Waals surface area contributed by atoms with Gasteiger partial charge in [-0.1, -0.05) is 12.5 Å². The Kier molecular flexibility index (Phi) is 8.24. The Hall–Kier alpha value is -1.30. The van der Waals surface area contributed by atoms with Crippen LogP contribution in [0.2, 0.25) is 0 Å². The van der Waals surface area contributed by atoms with Crippen molar-refractivity contribution < 1.29 is 14.3 Å². The molecule has 1 fully saturated rings. The van der Waals surface area contributed by atoms with Gasteiger partial charge in [-0.05, 0) is 30.9 Å². The molecule has 1 aromatic rings. The second-order valence-corrected chi connectivity index (χ2v) is 5.48. The first kappa shape index (κ1) is 18.7. The van der Waals surface area contributed by atoms with Crippen LogP contribution in [-0.2, 0) is 9.53 Å². The zero-order chi connectivity index (χ0) is 15.1. The first-order valence-corrected chi connectivity index (χ1v) is 7.46. The van der Waals surface area contributed by atoms with E-state index in [1.54, 1.807) is 7.11 Å². The summed E-state index contributed by atoms with van der Waals surface area (Å²) in [7, 11) is 1.63. The summed E-state index contributed by atoms with van der Waals surface area (Å²) in [6.07, 6.45) is 3.70. The molecule has 5 nitrogen and oxygen atoms in total. The number of anilines is 1. The van der Waals surface area contributed by atoms with Crippen molar-refractivity contribution in [2.45, 2.75) is 31.7 Å². The number of carbonyl (C=O) groups excluding carboxylic acids is 1. The van der Waals surface area contributed by atoms with Gasteiger partial charge in [-0.25, -0.2) is 0 Å². The van der Waals surface area contributed by atoms with E-state index >= 15 is 0 Å². The third kappa shape index (κ3) is 5.83. The van der Waals surface area contributed by atoms with Crippen molar-refractivity contribution in [3.8, 4) is 5.75 Å². The van der Waals surface area contributed by atoms with E-state index in [9.17, 15) is 4.79 Å². The highest BCUT2D eigenvalue weighted by molar-refractivity contribution is 5.91. The number of halogens is 1. The molecule has 0 spiro atoms. The summed E-state index contributed by atoms with van der Waals surface area (Å²) in [6.45, 7) is 1.03. The molecule has 1 aromatic carbocycles. The van der Waals surface area contributed by atoms with Gasteiger partial charge < -0.3 is 20.5 Å². The Morgan fingerprint density at radius 1 is 1.36 bits per heavy atom. The molecule has 0 radical (unpaired) electrons. The average molecular weight is 329 g/mol. The lowest BCUT2D eigenvalue weighted by Crippen LogP contribution is -2.28. The van der Waals surface area contributed by atoms with Crippen LogP contribution in [0.1, 0.15) is 25.7 Å². The molecular formula is C16H25ClN2O3. The second kappa shape index (κ2) is 9.66. The molecule has 0 aromatic heterocycles. The zero-order valence-corrected chi connectivity index (χ0v) is 13.7. The molecule has 2 atom stereocenters. The van der Waals surface area contributed by atoms with Gasteiger partial charge in [0.15, 0.2) is 0 Å². The molecule has 0 aliphatic heterocycles. The van der Waals surface area contributed by atoms with Crippen molar-refractivity contribution in [1.29, 1.82) is 0 Å². The van der Waals surface area contributed by atoms with Gasteiger partial charge in [-0.15, -0.1) is 12.4 Å². The van der Waals surface area contributed by atoms with Crippen LogP contribution in [0.25, 0.3) is 0 Å². The summed E-state index contributed by atoms with van der Waals surface area (Å²) >= 11 is 0. The highest BCUT2D eigenvalue weighted by Gasteiger charge is 2.25. The summed E-state index contributed by atoms with van der Waals surface area (Å²) in [5.74, 6) is 1.06. The Labute approximate surface area is 138 Å². The van der Waals surface area contributed by atoms with E-state index in [4.69, 9.17) is 15.2 Å². The fourth-order valence-corrected chi connectivity index (χ4v) is 2.68.